The van der Waals surface area contributed by atoms with Gasteiger partial charge in [0.15, 0.2) is 0 Å². The molecule has 2 aromatic rings. The molecule has 4 nitrogen and oxygen atoms in total. The van der Waals surface area contributed by atoms with Crippen LogP contribution in [0.4, 0.5) is 17.1 Å². The van der Waals surface area contributed by atoms with Gasteiger partial charge in [-0.2, -0.15) is 0 Å². The molecule has 0 saturated carbocycles. The first kappa shape index (κ1) is 17.3. The van der Waals surface area contributed by atoms with Gasteiger partial charge < -0.3 is 5.32 Å². The van der Waals surface area contributed by atoms with Crippen molar-refractivity contribution in [3.05, 3.63) is 54.1 Å². The molecule has 0 atom stereocenters. The molecule has 0 amide bonds. The van der Waals surface area contributed by atoms with Crippen molar-refractivity contribution >= 4 is 27.1 Å². The molecule has 0 bridgehead atoms. The van der Waals surface area contributed by atoms with Crippen molar-refractivity contribution in [1.82, 2.24) is 0 Å². The topological polar surface area (TPSA) is 58.2 Å². The minimum atomic E-state index is -3.24. The van der Waals surface area contributed by atoms with Gasteiger partial charge in [0, 0.05) is 17.1 Å². The van der Waals surface area contributed by atoms with E-state index < -0.39 is 10.0 Å². The Morgan fingerprint density at radius 1 is 0.870 bits per heavy atom. The standard InChI is InChI=1S/C18H24N2O2S/c1-4-13-23(21,22)20-18-11-9-17(10-12-18)19-16-7-5-15(6-8-16)14(2)3/h5-12,14,19-20H,4,13H2,1-3H3. The van der Waals surface area contributed by atoms with Crippen LogP contribution < -0.4 is 10.0 Å². The second kappa shape index (κ2) is 7.51. The van der Waals surface area contributed by atoms with E-state index in [-0.39, 0.29) is 5.75 Å². The monoisotopic (exact) mass is 332 g/mol. The summed E-state index contributed by atoms with van der Waals surface area (Å²) in [5.41, 5.74) is 3.81. The zero-order valence-corrected chi connectivity index (χ0v) is 14.7. The van der Waals surface area contributed by atoms with Gasteiger partial charge in [-0.3, -0.25) is 4.72 Å². The summed E-state index contributed by atoms with van der Waals surface area (Å²) in [5, 5.41) is 3.31. The minimum Gasteiger partial charge on any atom is -0.356 e. The van der Waals surface area contributed by atoms with Gasteiger partial charge >= 0.3 is 0 Å². The molecule has 0 spiro atoms. The molecule has 5 heteroatoms. The summed E-state index contributed by atoms with van der Waals surface area (Å²) in [5.74, 6) is 0.648. The Labute approximate surface area is 139 Å². The Bertz CT molecular complexity index is 721. The number of benzene rings is 2. The Kier molecular flexibility index (Phi) is 5.66. The summed E-state index contributed by atoms with van der Waals surface area (Å²) < 4.78 is 26.0. The first-order chi connectivity index (χ1) is 10.9. The summed E-state index contributed by atoms with van der Waals surface area (Å²) in [6, 6.07) is 15.6. The van der Waals surface area contributed by atoms with Crippen LogP contribution in [0.3, 0.4) is 0 Å². The van der Waals surface area contributed by atoms with Crippen LogP contribution in [-0.4, -0.2) is 14.2 Å². The molecular formula is C18H24N2O2S. The van der Waals surface area contributed by atoms with Crippen molar-refractivity contribution in [1.29, 1.82) is 0 Å². The van der Waals surface area contributed by atoms with E-state index in [1.165, 1.54) is 5.56 Å². The van der Waals surface area contributed by atoms with Crippen LogP contribution in [0.15, 0.2) is 48.5 Å². The van der Waals surface area contributed by atoms with Gasteiger partial charge in [-0.25, -0.2) is 8.42 Å². The normalized spacial score (nSPS) is 11.5. The number of anilines is 3. The van der Waals surface area contributed by atoms with Gasteiger partial charge in [0.1, 0.15) is 0 Å². The second-order valence-corrected chi connectivity index (χ2v) is 7.74. The molecule has 0 fully saturated rings. The van der Waals surface area contributed by atoms with Crippen molar-refractivity contribution in [2.24, 2.45) is 0 Å². The van der Waals surface area contributed by atoms with Gasteiger partial charge in [-0.15, -0.1) is 0 Å². The zero-order valence-electron chi connectivity index (χ0n) is 13.8. The summed E-state index contributed by atoms with van der Waals surface area (Å²) in [7, 11) is -3.24. The highest BCUT2D eigenvalue weighted by atomic mass is 32.2. The van der Waals surface area contributed by atoms with E-state index in [0.717, 1.165) is 11.4 Å². The molecule has 0 saturated heterocycles. The van der Waals surface area contributed by atoms with Crippen molar-refractivity contribution in [2.45, 2.75) is 33.1 Å². The van der Waals surface area contributed by atoms with Crippen molar-refractivity contribution in [3.8, 4) is 0 Å². The molecule has 2 rings (SSSR count). The van der Waals surface area contributed by atoms with Crippen LogP contribution in [0.2, 0.25) is 0 Å². The average molecular weight is 332 g/mol. The van der Waals surface area contributed by atoms with Crippen LogP contribution in [0.1, 0.15) is 38.7 Å². The highest BCUT2D eigenvalue weighted by Gasteiger charge is 2.08. The molecule has 0 radical (unpaired) electrons. The van der Waals surface area contributed by atoms with Crippen molar-refractivity contribution in [2.75, 3.05) is 15.8 Å². The SMILES string of the molecule is CCCS(=O)(=O)Nc1ccc(Nc2ccc(C(C)C)cc2)cc1. The Balaban J connectivity index is 2.02. The van der Waals surface area contributed by atoms with Gasteiger partial charge in [0.25, 0.3) is 0 Å². The van der Waals surface area contributed by atoms with E-state index >= 15 is 0 Å². The van der Waals surface area contributed by atoms with Crippen molar-refractivity contribution in [3.63, 3.8) is 0 Å². The predicted molar refractivity (Wildman–Crippen MR) is 98.0 cm³/mol. The lowest BCUT2D eigenvalue weighted by Gasteiger charge is -2.11. The summed E-state index contributed by atoms with van der Waals surface area (Å²) in [4.78, 5) is 0. The zero-order chi connectivity index (χ0) is 16.9. The maximum Gasteiger partial charge on any atom is 0.232 e. The fourth-order valence-corrected chi connectivity index (χ4v) is 3.37. The molecule has 0 unspecified atom stereocenters. The van der Waals surface area contributed by atoms with Crippen molar-refractivity contribution < 1.29 is 8.42 Å². The first-order valence-corrected chi connectivity index (χ1v) is 9.52. The van der Waals surface area contributed by atoms with E-state index in [2.05, 4.69) is 36.0 Å². The van der Waals surface area contributed by atoms with Crippen LogP contribution in [0, 0.1) is 0 Å². The molecule has 0 aliphatic heterocycles. The molecule has 0 aromatic heterocycles. The van der Waals surface area contributed by atoms with E-state index in [4.69, 9.17) is 0 Å². The quantitative estimate of drug-likeness (QED) is 0.772. The molecule has 124 valence electrons. The number of hydrogen-bond donors (Lipinski definition) is 2. The molecule has 0 aliphatic carbocycles. The van der Waals surface area contributed by atoms with Gasteiger partial charge in [-0.05, 0) is 54.3 Å². The fraction of sp³-hybridized carbons (Fsp3) is 0.333. The molecule has 2 aromatic carbocycles. The predicted octanol–water partition coefficient (Wildman–Crippen LogP) is 4.71. The summed E-state index contributed by atoms with van der Waals surface area (Å²) in [6.45, 7) is 6.18. The van der Waals surface area contributed by atoms with Gasteiger partial charge in [0.2, 0.25) is 10.0 Å². The summed E-state index contributed by atoms with van der Waals surface area (Å²) in [6.07, 6.45) is 0.599. The number of sulfonamides is 1. The average Bonchev–Trinajstić information content (AvgIpc) is 2.49. The molecule has 0 aliphatic rings. The minimum absolute atomic E-state index is 0.134. The third kappa shape index (κ3) is 5.28. The van der Waals surface area contributed by atoms with Gasteiger partial charge in [-0.1, -0.05) is 32.9 Å². The first-order valence-electron chi connectivity index (χ1n) is 7.87. The lowest BCUT2D eigenvalue weighted by molar-refractivity contribution is 0.600. The van der Waals surface area contributed by atoms with E-state index in [1.807, 2.05) is 31.2 Å². The number of hydrogen-bond acceptors (Lipinski definition) is 3. The number of nitrogens with one attached hydrogen (secondary N) is 2. The summed E-state index contributed by atoms with van der Waals surface area (Å²) >= 11 is 0. The second-order valence-electron chi connectivity index (χ2n) is 5.90. The fourth-order valence-electron chi connectivity index (χ4n) is 2.24. The largest absolute Gasteiger partial charge is 0.356 e. The third-order valence-corrected chi connectivity index (χ3v) is 4.99. The molecule has 2 N–H and O–H groups in total. The molecular weight excluding hydrogens is 308 g/mol. The highest BCUT2D eigenvalue weighted by Crippen LogP contribution is 2.22. The maximum absolute atomic E-state index is 11.7. The highest BCUT2D eigenvalue weighted by molar-refractivity contribution is 7.92. The third-order valence-electron chi connectivity index (χ3n) is 3.50. The molecule has 23 heavy (non-hydrogen) atoms. The van der Waals surface area contributed by atoms with E-state index in [9.17, 15) is 8.42 Å². The van der Waals surface area contributed by atoms with E-state index in [0.29, 0.717) is 18.0 Å². The maximum atomic E-state index is 11.7. The lowest BCUT2D eigenvalue weighted by atomic mass is 10.0. The van der Waals surface area contributed by atoms with Crippen LogP contribution >= 0.6 is 0 Å². The Hall–Kier alpha value is -2.01. The number of rotatable bonds is 7. The Morgan fingerprint density at radius 2 is 1.35 bits per heavy atom. The Morgan fingerprint density at radius 3 is 1.83 bits per heavy atom. The van der Waals surface area contributed by atoms with Crippen LogP contribution in [0.25, 0.3) is 0 Å². The van der Waals surface area contributed by atoms with Crippen LogP contribution in [0.5, 0.6) is 0 Å². The van der Waals surface area contributed by atoms with Gasteiger partial charge in [0.05, 0.1) is 5.75 Å². The molecule has 0 heterocycles. The van der Waals surface area contributed by atoms with E-state index in [1.54, 1.807) is 12.1 Å². The smallest absolute Gasteiger partial charge is 0.232 e. The lowest BCUT2D eigenvalue weighted by Crippen LogP contribution is -2.15. The van der Waals surface area contributed by atoms with Crippen LogP contribution in [-0.2, 0) is 10.0 Å².